The summed E-state index contributed by atoms with van der Waals surface area (Å²) in [6.07, 6.45) is 0.723. The van der Waals surface area contributed by atoms with E-state index in [4.69, 9.17) is 11.6 Å². The molecule has 21 heavy (non-hydrogen) atoms. The van der Waals surface area contributed by atoms with E-state index in [1.807, 2.05) is 24.3 Å². The van der Waals surface area contributed by atoms with Gasteiger partial charge in [0.15, 0.2) is 0 Å². The molecule has 0 aromatic heterocycles. The van der Waals surface area contributed by atoms with Gasteiger partial charge >= 0.3 is 0 Å². The summed E-state index contributed by atoms with van der Waals surface area (Å²) in [6.45, 7) is 5.09. The molecule has 1 unspecified atom stereocenters. The molecule has 0 radical (unpaired) electrons. The van der Waals surface area contributed by atoms with Gasteiger partial charge in [-0.3, -0.25) is 0 Å². The highest BCUT2D eigenvalue weighted by Gasteiger charge is 2.15. The van der Waals surface area contributed by atoms with Crippen molar-refractivity contribution < 1.29 is 4.39 Å². The van der Waals surface area contributed by atoms with Crippen molar-refractivity contribution in [2.75, 3.05) is 6.54 Å². The monoisotopic (exact) mass is 305 g/mol. The maximum Gasteiger partial charge on any atom is 0.142 e. The third-order valence-corrected chi connectivity index (χ3v) is 3.96. The third-order valence-electron chi connectivity index (χ3n) is 3.54. The average Bonchev–Trinajstić information content (AvgIpc) is 2.48. The van der Waals surface area contributed by atoms with Crippen molar-refractivity contribution in [1.82, 2.24) is 5.32 Å². The van der Waals surface area contributed by atoms with Crippen LogP contribution >= 0.6 is 11.6 Å². The van der Waals surface area contributed by atoms with Crippen LogP contribution in [-0.2, 0) is 6.42 Å². The van der Waals surface area contributed by atoms with Crippen molar-refractivity contribution in [3.8, 4) is 0 Å². The standard InChI is InChI=1S/C18H21ClFN/c1-13(2)21-12-16(14-7-4-3-5-8-14)11-15-9-6-10-17(20)18(15)19/h3-10,13,16,21H,11-12H2,1-2H3. The average molecular weight is 306 g/mol. The van der Waals surface area contributed by atoms with Gasteiger partial charge in [-0.2, -0.15) is 0 Å². The zero-order chi connectivity index (χ0) is 15.2. The molecule has 0 aliphatic heterocycles. The molecule has 0 bridgehead atoms. The summed E-state index contributed by atoms with van der Waals surface area (Å²) < 4.78 is 13.6. The van der Waals surface area contributed by atoms with Crippen LogP contribution in [0.25, 0.3) is 0 Å². The molecule has 1 nitrogen and oxygen atoms in total. The SMILES string of the molecule is CC(C)NCC(Cc1cccc(F)c1Cl)c1ccccc1. The van der Waals surface area contributed by atoms with Crippen LogP contribution < -0.4 is 5.32 Å². The minimum atomic E-state index is -0.349. The Morgan fingerprint density at radius 1 is 1.05 bits per heavy atom. The molecule has 2 rings (SSSR count). The van der Waals surface area contributed by atoms with Crippen LogP contribution in [0.1, 0.15) is 30.9 Å². The first kappa shape index (κ1) is 16.0. The highest BCUT2D eigenvalue weighted by Crippen LogP contribution is 2.26. The predicted octanol–water partition coefficient (Wildman–Crippen LogP) is 4.80. The fourth-order valence-electron chi connectivity index (χ4n) is 2.38. The molecule has 1 N–H and O–H groups in total. The van der Waals surface area contributed by atoms with E-state index in [1.165, 1.54) is 11.6 Å². The van der Waals surface area contributed by atoms with Gasteiger partial charge in [0.05, 0.1) is 5.02 Å². The molecule has 0 saturated carbocycles. The van der Waals surface area contributed by atoms with Crippen LogP contribution in [0.2, 0.25) is 5.02 Å². The van der Waals surface area contributed by atoms with Gasteiger partial charge < -0.3 is 5.32 Å². The number of rotatable bonds is 6. The molecule has 0 spiro atoms. The first-order valence-electron chi connectivity index (χ1n) is 7.29. The first-order valence-corrected chi connectivity index (χ1v) is 7.67. The van der Waals surface area contributed by atoms with E-state index in [0.29, 0.717) is 6.04 Å². The van der Waals surface area contributed by atoms with Crippen molar-refractivity contribution in [3.05, 3.63) is 70.5 Å². The Bertz CT molecular complexity index is 569. The first-order chi connectivity index (χ1) is 10.1. The molecule has 2 aromatic carbocycles. The van der Waals surface area contributed by atoms with Crippen molar-refractivity contribution >= 4 is 11.6 Å². The maximum absolute atomic E-state index is 13.6. The minimum absolute atomic E-state index is 0.239. The molecular formula is C18H21ClFN. The smallest absolute Gasteiger partial charge is 0.142 e. The van der Waals surface area contributed by atoms with Gasteiger partial charge in [-0.1, -0.05) is 67.9 Å². The van der Waals surface area contributed by atoms with E-state index in [2.05, 4.69) is 31.3 Å². The molecule has 0 aliphatic rings. The fraction of sp³-hybridized carbons (Fsp3) is 0.333. The Balaban J connectivity index is 2.21. The highest BCUT2D eigenvalue weighted by atomic mass is 35.5. The molecule has 0 aliphatic carbocycles. The highest BCUT2D eigenvalue weighted by molar-refractivity contribution is 6.31. The van der Waals surface area contributed by atoms with E-state index in [-0.39, 0.29) is 16.8 Å². The van der Waals surface area contributed by atoms with Gasteiger partial charge in [0, 0.05) is 18.5 Å². The molecule has 3 heteroatoms. The molecule has 112 valence electrons. The van der Waals surface area contributed by atoms with Crippen molar-refractivity contribution in [2.24, 2.45) is 0 Å². The summed E-state index contributed by atoms with van der Waals surface area (Å²) in [5.74, 6) is -0.0781. The summed E-state index contributed by atoms with van der Waals surface area (Å²) >= 11 is 6.09. The zero-order valence-electron chi connectivity index (χ0n) is 12.4. The van der Waals surface area contributed by atoms with E-state index in [1.54, 1.807) is 6.07 Å². The zero-order valence-corrected chi connectivity index (χ0v) is 13.2. The van der Waals surface area contributed by atoms with Gasteiger partial charge in [0.1, 0.15) is 5.82 Å². The van der Waals surface area contributed by atoms with Gasteiger partial charge in [-0.25, -0.2) is 4.39 Å². The number of hydrogen-bond donors (Lipinski definition) is 1. The van der Waals surface area contributed by atoms with Crippen molar-refractivity contribution in [3.63, 3.8) is 0 Å². The van der Waals surface area contributed by atoms with Crippen LogP contribution in [0.15, 0.2) is 48.5 Å². The molecule has 0 amide bonds. The largest absolute Gasteiger partial charge is 0.314 e. The topological polar surface area (TPSA) is 12.0 Å². The number of halogens is 2. The summed E-state index contributed by atoms with van der Waals surface area (Å²) in [5, 5.41) is 3.70. The normalized spacial score (nSPS) is 12.6. The van der Waals surface area contributed by atoms with E-state index in [9.17, 15) is 4.39 Å². The molecule has 0 heterocycles. The summed E-state index contributed by atoms with van der Waals surface area (Å²) in [6, 6.07) is 15.7. The minimum Gasteiger partial charge on any atom is -0.314 e. The Morgan fingerprint density at radius 2 is 1.76 bits per heavy atom. The lowest BCUT2D eigenvalue weighted by Gasteiger charge is -2.20. The second-order valence-electron chi connectivity index (χ2n) is 5.59. The molecule has 2 aromatic rings. The van der Waals surface area contributed by atoms with Crippen LogP contribution in [0.4, 0.5) is 4.39 Å². The summed E-state index contributed by atoms with van der Waals surface area (Å²) in [7, 11) is 0. The van der Waals surface area contributed by atoms with Gasteiger partial charge in [-0.05, 0) is 23.6 Å². The van der Waals surface area contributed by atoms with Crippen molar-refractivity contribution in [2.45, 2.75) is 32.2 Å². The Labute approximate surface area is 131 Å². The molecule has 0 saturated heterocycles. The summed E-state index contributed by atoms with van der Waals surface area (Å²) in [5.41, 5.74) is 2.10. The van der Waals surface area contributed by atoms with Gasteiger partial charge in [-0.15, -0.1) is 0 Å². The Hall–Kier alpha value is -1.38. The molecule has 1 atom stereocenters. The van der Waals surface area contributed by atoms with Crippen LogP contribution in [-0.4, -0.2) is 12.6 Å². The predicted molar refractivity (Wildman–Crippen MR) is 87.4 cm³/mol. The quantitative estimate of drug-likeness (QED) is 0.808. The number of nitrogens with one attached hydrogen (secondary N) is 1. The third kappa shape index (κ3) is 4.55. The Morgan fingerprint density at radius 3 is 2.43 bits per heavy atom. The second-order valence-corrected chi connectivity index (χ2v) is 5.97. The lowest BCUT2D eigenvalue weighted by molar-refractivity contribution is 0.525. The molecular weight excluding hydrogens is 285 g/mol. The lowest BCUT2D eigenvalue weighted by atomic mass is 9.91. The van der Waals surface area contributed by atoms with E-state index < -0.39 is 0 Å². The number of hydrogen-bond acceptors (Lipinski definition) is 1. The fourth-order valence-corrected chi connectivity index (χ4v) is 2.59. The van der Waals surface area contributed by atoms with Gasteiger partial charge in [0.2, 0.25) is 0 Å². The molecule has 0 fully saturated rings. The van der Waals surface area contributed by atoms with Crippen molar-refractivity contribution in [1.29, 1.82) is 0 Å². The lowest BCUT2D eigenvalue weighted by Crippen LogP contribution is -2.29. The van der Waals surface area contributed by atoms with E-state index >= 15 is 0 Å². The van der Waals surface area contributed by atoms with Crippen LogP contribution in [0, 0.1) is 5.82 Å². The Kier molecular flexibility index (Phi) is 5.77. The van der Waals surface area contributed by atoms with Gasteiger partial charge in [0.25, 0.3) is 0 Å². The maximum atomic E-state index is 13.6. The number of benzene rings is 2. The summed E-state index contributed by atoms with van der Waals surface area (Å²) in [4.78, 5) is 0. The van der Waals surface area contributed by atoms with Crippen LogP contribution in [0.3, 0.4) is 0 Å². The van der Waals surface area contributed by atoms with Crippen LogP contribution in [0.5, 0.6) is 0 Å². The second kappa shape index (κ2) is 7.58. The van der Waals surface area contributed by atoms with E-state index in [0.717, 1.165) is 18.5 Å².